The van der Waals surface area contributed by atoms with Crippen LogP contribution in [0.3, 0.4) is 0 Å². The Morgan fingerprint density at radius 2 is 1.96 bits per heavy atom. The summed E-state index contributed by atoms with van der Waals surface area (Å²) in [7, 11) is 0. The van der Waals surface area contributed by atoms with Crippen LogP contribution in [0.5, 0.6) is 0 Å². The van der Waals surface area contributed by atoms with Gasteiger partial charge < -0.3 is 5.32 Å². The van der Waals surface area contributed by atoms with Crippen LogP contribution < -0.4 is 5.32 Å². The van der Waals surface area contributed by atoms with Gasteiger partial charge in [-0.1, -0.05) is 48.0 Å². The minimum atomic E-state index is -0.106. The van der Waals surface area contributed by atoms with E-state index in [1.807, 2.05) is 55.5 Å². The summed E-state index contributed by atoms with van der Waals surface area (Å²) in [5.74, 6) is 0.413. The van der Waals surface area contributed by atoms with E-state index in [2.05, 4.69) is 16.4 Å². The zero-order valence-electron chi connectivity index (χ0n) is 15.3. The zero-order valence-corrected chi connectivity index (χ0v) is 16.8. The van der Waals surface area contributed by atoms with Crippen molar-refractivity contribution in [1.82, 2.24) is 4.98 Å². The second-order valence-electron chi connectivity index (χ2n) is 6.14. The normalized spacial score (nSPS) is 10.3. The van der Waals surface area contributed by atoms with E-state index in [-0.39, 0.29) is 5.91 Å². The van der Waals surface area contributed by atoms with Gasteiger partial charge in [0, 0.05) is 28.4 Å². The molecule has 0 unspecified atom stereocenters. The third kappa shape index (κ3) is 5.13. The lowest BCUT2D eigenvalue weighted by atomic mass is 10.1. The van der Waals surface area contributed by atoms with E-state index in [0.29, 0.717) is 33.5 Å². The first-order valence-electron chi connectivity index (χ1n) is 8.72. The fourth-order valence-electron chi connectivity index (χ4n) is 2.54. The molecule has 0 fully saturated rings. The van der Waals surface area contributed by atoms with Crippen LogP contribution in [0, 0.1) is 18.3 Å². The fourth-order valence-corrected chi connectivity index (χ4v) is 3.63. The minimum absolute atomic E-state index is 0.106. The topological polar surface area (TPSA) is 65.8 Å². The van der Waals surface area contributed by atoms with Crippen molar-refractivity contribution in [3.05, 3.63) is 76.8 Å². The van der Waals surface area contributed by atoms with Gasteiger partial charge in [0.05, 0.1) is 11.3 Å². The Hall–Kier alpha value is -2.81. The summed E-state index contributed by atoms with van der Waals surface area (Å²) < 4.78 is 0. The first kappa shape index (κ1) is 19.9. The first-order valence-corrected chi connectivity index (χ1v) is 10.1. The Bertz CT molecular complexity index is 1030. The van der Waals surface area contributed by atoms with Gasteiger partial charge in [0.2, 0.25) is 5.91 Å². The van der Waals surface area contributed by atoms with Crippen LogP contribution in [0.2, 0.25) is 5.02 Å². The molecule has 3 aromatic rings. The van der Waals surface area contributed by atoms with Crippen molar-refractivity contribution < 1.29 is 4.79 Å². The molecule has 0 aliphatic rings. The van der Waals surface area contributed by atoms with Crippen LogP contribution >= 0.6 is 23.4 Å². The molecule has 3 rings (SSSR count). The van der Waals surface area contributed by atoms with Crippen LogP contribution in [-0.4, -0.2) is 16.6 Å². The van der Waals surface area contributed by atoms with Gasteiger partial charge in [-0.3, -0.25) is 4.79 Å². The Labute approximate surface area is 173 Å². The number of carbonyl (C=O) groups excluding carboxylic acids is 1. The molecule has 28 heavy (non-hydrogen) atoms. The smallest absolute Gasteiger partial charge is 0.225 e. The van der Waals surface area contributed by atoms with Gasteiger partial charge >= 0.3 is 0 Å². The standard InChI is InChI=1S/C22H18ClN3OS/c1-15-7-9-18(13-19(15)23)25-21(27)11-12-28-22-17(14-24)8-10-20(26-22)16-5-3-2-4-6-16/h2-10,13H,11-12H2,1H3,(H,25,27). The maximum absolute atomic E-state index is 12.2. The van der Waals surface area contributed by atoms with Gasteiger partial charge in [-0.2, -0.15) is 5.26 Å². The molecule has 4 nitrogen and oxygen atoms in total. The summed E-state index contributed by atoms with van der Waals surface area (Å²) in [5, 5.41) is 13.4. The van der Waals surface area contributed by atoms with Crippen LogP contribution in [0.15, 0.2) is 65.7 Å². The van der Waals surface area contributed by atoms with Crippen molar-refractivity contribution >= 4 is 35.0 Å². The van der Waals surface area contributed by atoms with E-state index in [0.717, 1.165) is 16.8 Å². The molecule has 1 aromatic heterocycles. The highest BCUT2D eigenvalue weighted by Crippen LogP contribution is 2.26. The molecule has 6 heteroatoms. The number of aromatic nitrogens is 1. The maximum atomic E-state index is 12.2. The van der Waals surface area contributed by atoms with Crippen molar-refractivity contribution in [2.24, 2.45) is 0 Å². The number of pyridine rings is 1. The van der Waals surface area contributed by atoms with Crippen LogP contribution in [0.1, 0.15) is 17.5 Å². The van der Waals surface area contributed by atoms with Crippen LogP contribution in [0.4, 0.5) is 5.69 Å². The summed E-state index contributed by atoms with van der Waals surface area (Å²) in [6, 6.07) is 21.0. The predicted octanol–water partition coefficient (Wildman–Crippen LogP) is 5.70. The van der Waals surface area contributed by atoms with Gasteiger partial charge in [-0.25, -0.2) is 4.98 Å². The summed E-state index contributed by atoms with van der Waals surface area (Å²) in [4.78, 5) is 16.8. The monoisotopic (exact) mass is 407 g/mol. The van der Waals surface area contributed by atoms with Crippen LogP contribution in [0.25, 0.3) is 11.3 Å². The number of nitriles is 1. The van der Waals surface area contributed by atoms with Gasteiger partial charge in [-0.15, -0.1) is 11.8 Å². The van der Waals surface area contributed by atoms with E-state index < -0.39 is 0 Å². The lowest BCUT2D eigenvalue weighted by molar-refractivity contribution is -0.115. The van der Waals surface area contributed by atoms with E-state index in [1.165, 1.54) is 11.8 Å². The van der Waals surface area contributed by atoms with Gasteiger partial charge in [0.25, 0.3) is 0 Å². The van der Waals surface area contributed by atoms with Crippen molar-refractivity contribution in [1.29, 1.82) is 5.26 Å². The molecule has 0 radical (unpaired) electrons. The second kappa shape index (κ2) is 9.41. The van der Waals surface area contributed by atoms with Crippen molar-refractivity contribution in [2.75, 3.05) is 11.1 Å². The van der Waals surface area contributed by atoms with Crippen molar-refractivity contribution in [3.63, 3.8) is 0 Å². The SMILES string of the molecule is Cc1ccc(NC(=O)CCSc2nc(-c3ccccc3)ccc2C#N)cc1Cl. The number of aryl methyl sites for hydroxylation is 1. The van der Waals surface area contributed by atoms with Gasteiger partial charge in [0.1, 0.15) is 11.1 Å². The molecular weight excluding hydrogens is 390 g/mol. The molecule has 1 heterocycles. The number of hydrogen-bond donors (Lipinski definition) is 1. The number of carbonyl (C=O) groups is 1. The number of anilines is 1. The number of rotatable bonds is 6. The zero-order chi connectivity index (χ0) is 19.9. The lowest BCUT2D eigenvalue weighted by Gasteiger charge is -2.08. The number of halogens is 1. The quantitative estimate of drug-likeness (QED) is 0.532. The van der Waals surface area contributed by atoms with Crippen molar-refractivity contribution in [3.8, 4) is 17.3 Å². The molecule has 0 spiro atoms. The number of thioether (sulfide) groups is 1. The fraction of sp³-hybridized carbons (Fsp3) is 0.136. The Morgan fingerprint density at radius 3 is 2.68 bits per heavy atom. The largest absolute Gasteiger partial charge is 0.326 e. The summed E-state index contributed by atoms with van der Waals surface area (Å²) in [5.41, 5.74) is 3.94. The number of amides is 1. The molecule has 0 aliphatic heterocycles. The number of benzene rings is 2. The number of hydrogen-bond acceptors (Lipinski definition) is 4. The molecular formula is C22H18ClN3OS. The molecule has 1 N–H and O–H groups in total. The van der Waals surface area contributed by atoms with E-state index >= 15 is 0 Å². The van der Waals surface area contributed by atoms with E-state index in [4.69, 9.17) is 11.6 Å². The van der Waals surface area contributed by atoms with Gasteiger partial charge in [-0.05, 0) is 36.8 Å². The lowest BCUT2D eigenvalue weighted by Crippen LogP contribution is -2.12. The number of nitrogens with one attached hydrogen (secondary N) is 1. The van der Waals surface area contributed by atoms with Crippen molar-refractivity contribution in [2.45, 2.75) is 18.4 Å². The third-order valence-corrected chi connectivity index (χ3v) is 5.47. The highest BCUT2D eigenvalue weighted by Gasteiger charge is 2.10. The van der Waals surface area contributed by atoms with E-state index in [9.17, 15) is 10.1 Å². The Kier molecular flexibility index (Phi) is 6.70. The molecule has 140 valence electrons. The molecule has 2 aromatic carbocycles. The third-order valence-electron chi connectivity index (χ3n) is 4.07. The number of nitrogens with zero attached hydrogens (tertiary/aromatic N) is 2. The highest BCUT2D eigenvalue weighted by atomic mass is 35.5. The molecule has 0 saturated heterocycles. The average molecular weight is 408 g/mol. The summed E-state index contributed by atoms with van der Waals surface area (Å²) >= 11 is 7.49. The molecule has 1 amide bonds. The first-order chi connectivity index (χ1) is 13.6. The Balaban J connectivity index is 1.62. The maximum Gasteiger partial charge on any atom is 0.225 e. The molecule has 0 bridgehead atoms. The highest BCUT2D eigenvalue weighted by molar-refractivity contribution is 7.99. The average Bonchev–Trinajstić information content (AvgIpc) is 2.71. The molecule has 0 aliphatic carbocycles. The molecule has 0 saturated carbocycles. The predicted molar refractivity (Wildman–Crippen MR) is 115 cm³/mol. The Morgan fingerprint density at radius 1 is 1.18 bits per heavy atom. The molecule has 0 atom stereocenters. The van der Waals surface area contributed by atoms with Gasteiger partial charge in [0.15, 0.2) is 0 Å². The second-order valence-corrected chi connectivity index (χ2v) is 7.63. The van der Waals surface area contributed by atoms with Crippen LogP contribution in [-0.2, 0) is 4.79 Å². The minimum Gasteiger partial charge on any atom is -0.326 e. The summed E-state index contributed by atoms with van der Waals surface area (Å²) in [6.07, 6.45) is 0.304. The van der Waals surface area contributed by atoms with E-state index in [1.54, 1.807) is 12.1 Å². The summed E-state index contributed by atoms with van der Waals surface area (Å²) in [6.45, 7) is 1.91.